The highest BCUT2D eigenvalue weighted by Crippen LogP contribution is 2.17. The number of allylic oxidation sites excluding steroid dienone is 2. The summed E-state index contributed by atoms with van der Waals surface area (Å²) < 4.78 is 4.56. The molecule has 0 aromatic carbocycles. The highest BCUT2D eigenvalue weighted by molar-refractivity contribution is 5.94. The highest BCUT2D eigenvalue weighted by atomic mass is 16.5. The summed E-state index contributed by atoms with van der Waals surface area (Å²) in [6.45, 7) is 4.49. The average molecular weight is 352 g/mol. The monoisotopic (exact) mass is 352 g/mol. The zero-order valence-electron chi connectivity index (χ0n) is 14.8. The number of aliphatic carboxylic acids is 1. The molecule has 8 heteroatoms. The van der Waals surface area contributed by atoms with Gasteiger partial charge in [0, 0.05) is 25.9 Å². The van der Waals surface area contributed by atoms with Crippen LogP contribution in [0.15, 0.2) is 23.5 Å². The van der Waals surface area contributed by atoms with Crippen molar-refractivity contribution in [3.63, 3.8) is 0 Å². The Balaban J connectivity index is 0.000000251. The van der Waals surface area contributed by atoms with Gasteiger partial charge in [-0.25, -0.2) is 9.59 Å². The standard InChI is InChI=1S/C9H13NO3.C8H11NO3/c1-3-7(9(12)13-2)10-6-4-5-8(10)11;1-2-6(8(11)12)9-5-3-4-7(9)10/h3H,4-6H2,1-2H3;2H,3-5H2,1H3,(H,11,12)/b;6-2-. The van der Waals surface area contributed by atoms with Crippen LogP contribution in [0.1, 0.15) is 39.5 Å². The number of rotatable bonds is 4. The molecular formula is C17H24N2O6. The number of ether oxygens (including phenoxy) is 1. The second kappa shape index (κ2) is 9.61. The molecule has 138 valence electrons. The van der Waals surface area contributed by atoms with Gasteiger partial charge in [-0.2, -0.15) is 0 Å². The lowest BCUT2D eigenvalue weighted by Gasteiger charge is -2.16. The van der Waals surface area contributed by atoms with Gasteiger partial charge < -0.3 is 19.6 Å². The van der Waals surface area contributed by atoms with Crippen LogP contribution >= 0.6 is 0 Å². The lowest BCUT2D eigenvalue weighted by molar-refractivity contribution is -0.140. The van der Waals surface area contributed by atoms with Crippen molar-refractivity contribution in [1.29, 1.82) is 0 Å². The topological polar surface area (TPSA) is 104 Å². The third-order valence-electron chi connectivity index (χ3n) is 3.89. The van der Waals surface area contributed by atoms with E-state index in [0.717, 1.165) is 12.8 Å². The first-order chi connectivity index (χ1) is 11.9. The van der Waals surface area contributed by atoms with Crippen LogP contribution in [0.3, 0.4) is 0 Å². The van der Waals surface area contributed by atoms with Gasteiger partial charge in [-0.05, 0) is 26.7 Å². The Morgan fingerprint density at radius 1 is 0.960 bits per heavy atom. The molecule has 0 bridgehead atoms. The summed E-state index contributed by atoms with van der Waals surface area (Å²) in [5.74, 6) is -1.57. The molecule has 2 heterocycles. The number of carboxylic acid groups (broad SMARTS) is 1. The highest BCUT2D eigenvalue weighted by Gasteiger charge is 2.27. The van der Waals surface area contributed by atoms with Gasteiger partial charge in [0.05, 0.1) is 7.11 Å². The number of likely N-dealkylation sites (tertiary alicyclic amines) is 2. The average Bonchev–Trinajstić information content (AvgIpc) is 3.18. The lowest BCUT2D eigenvalue weighted by Crippen LogP contribution is -2.29. The van der Waals surface area contributed by atoms with Crippen LogP contribution in [0.5, 0.6) is 0 Å². The van der Waals surface area contributed by atoms with E-state index in [2.05, 4.69) is 4.74 Å². The second-order valence-electron chi connectivity index (χ2n) is 5.44. The summed E-state index contributed by atoms with van der Waals surface area (Å²) in [6, 6.07) is 0. The zero-order chi connectivity index (χ0) is 19.0. The van der Waals surface area contributed by atoms with E-state index in [-0.39, 0.29) is 17.5 Å². The first-order valence-electron chi connectivity index (χ1n) is 8.12. The summed E-state index contributed by atoms with van der Waals surface area (Å²) in [5.41, 5.74) is 0.447. The first kappa shape index (κ1) is 20.4. The van der Waals surface area contributed by atoms with Crippen LogP contribution in [0.4, 0.5) is 0 Å². The number of carbonyl (C=O) groups is 4. The Labute approximate surface area is 146 Å². The van der Waals surface area contributed by atoms with Crippen molar-refractivity contribution in [2.24, 2.45) is 0 Å². The summed E-state index contributed by atoms with van der Waals surface area (Å²) in [5, 5.41) is 8.69. The smallest absolute Gasteiger partial charge is 0.354 e. The molecule has 0 unspecified atom stereocenters. The van der Waals surface area contributed by atoms with Crippen LogP contribution < -0.4 is 0 Å². The third kappa shape index (κ3) is 5.17. The van der Waals surface area contributed by atoms with Crippen molar-refractivity contribution in [1.82, 2.24) is 9.80 Å². The quantitative estimate of drug-likeness (QED) is 0.604. The Hall–Kier alpha value is -2.64. The summed E-state index contributed by atoms with van der Waals surface area (Å²) in [4.78, 5) is 47.0. The fourth-order valence-electron chi connectivity index (χ4n) is 2.69. The SMILES string of the molecule is C/C=C(/C(=O)O)N1CCCC1=O.CC=C(C(=O)OC)N1CCCC1=O. The number of carboxylic acids is 1. The summed E-state index contributed by atoms with van der Waals surface area (Å²) in [6.07, 6.45) is 5.61. The second-order valence-corrected chi connectivity index (χ2v) is 5.44. The van der Waals surface area contributed by atoms with Gasteiger partial charge in [0.1, 0.15) is 11.4 Å². The maximum absolute atomic E-state index is 11.3. The van der Waals surface area contributed by atoms with Crippen molar-refractivity contribution in [3.8, 4) is 0 Å². The third-order valence-corrected chi connectivity index (χ3v) is 3.89. The first-order valence-corrected chi connectivity index (χ1v) is 8.12. The molecule has 2 fully saturated rings. The van der Waals surface area contributed by atoms with Crippen molar-refractivity contribution in [2.75, 3.05) is 20.2 Å². The maximum Gasteiger partial charge on any atom is 0.354 e. The molecule has 2 amide bonds. The van der Waals surface area contributed by atoms with E-state index in [9.17, 15) is 19.2 Å². The van der Waals surface area contributed by atoms with Gasteiger partial charge in [-0.15, -0.1) is 0 Å². The van der Waals surface area contributed by atoms with Crippen LogP contribution in [-0.2, 0) is 23.9 Å². The molecule has 25 heavy (non-hydrogen) atoms. The fraction of sp³-hybridized carbons (Fsp3) is 0.529. The Morgan fingerprint density at radius 3 is 1.68 bits per heavy atom. The molecule has 0 spiro atoms. The molecule has 0 saturated carbocycles. The minimum atomic E-state index is -1.03. The van der Waals surface area contributed by atoms with Gasteiger partial charge in [0.25, 0.3) is 0 Å². The van der Waals surface area contributed by atoms with E-state index in [4.69, 9.17) is 5.11 Å². The molecule has 2 rings (SSSR count). The molecule has 0 atom stereocenters. The van der Waals surface area contributed by atoms with E-state index in [1.807, 2.05) is 0 Å². The fourth-order valence-corrected chi connectivity index (χ4v) is 2.69. The van der Waals surface area contributed by atoms with E-state index in [1.165, 1.54) is 23.0 Å². The molecule has 1 N–H and O–H groups in total. The molecular weight excluding hydrogens is 328 g/mol. The van der Waals surface area contributed by atoms with Crippen LogP contribution in [0.2, 0.25) is 0 Å². The number of methoxy groups -OCH3 is 1. The summed E-state index contributed by atoms with van der Waals surface area (Å²) >= 11 is 0. The lowest BCUT2D eigenvalue weighted by atomic mass is 10.3. The van der Waals surface area contributed by atoms with Crippen LogP contribution in [-0.4, -0.2) is 58.9 Å². The minimum Gasteiger partial charge on any atom is -0.477 e. The molecule has 0 radical (unpaired) electrons. The predicted molar refractivity (Wildman–Crippen MR) is 89.1 cm³/mol. The van der Waals surface area contributed by atoms with Crippen molar-refractivity contribution >= 4 is 23.8 Å². The van der Waals surface area contributed by atoms with E-state index in [0.29, 0.717) is 31.6 Å². The Kier molecular flexibility index (Phi) is 7.84. The Bertz CT molecular complexity index is 608. The number of nitrogens with zero attached hydrogens (tertiary/aromatic N) is 2. The minimum absolute atomic E-state index is 0.00139. The zero-order valence-corrected chi connectivity index (χ0v) is 14.8. The Morgan fingerprint density at radius 2 is 1.40 bits per heavy atom. The molecule has 8 nitrogen and oxygen atoms in total. The molecule has 2 saturated heterocycles. The van der Waals surface area contributed by atoms with E-state index < -0.39 is 11.9 Å². The van der Waals surface area contributed by atoms with Crippen molar-refractivity contribution in [3.05, 3.63) is 23.5 Å². The number of hydrogen-bond donors (Lipinski definition) is 1. The van der Waals surface area contributed by atoms with E-state index >= 15 is 0 Å². The predicted octanol–water partition coefficient (Wildman–Crippen LogP) is 1.28. The van der Waals surface area contributed by atoms with Gasteiger partial charge in [0.2, 0.25) is 11.8 Å². The number of hydrogen-bond acceptors (Lipinski definition) is 5. The van der Waals surface area contributed by atoms with Crippen molar-refractivity contribution < 1.29 is 29.0 Å². The van der Waals surface area contributed by atoms with Crippen LogP contribution in [0, 0.1) is 0 Å². The van der Waals surface area contributed by atoms with Gasteiger partial charge in [-0.1, -0.05) is 12.2 Å². The number of amides is 2. The molecule has 0 aliphatic carbocycles. The number of esters is 1. The van der Waals surface area contributed by atoms with E-state index in [1.54, 1.807) is 19.9 Å². The van der Waals surface area contributed by atoms with Gasteiger partial charge >= 0.3 is 11.9 Å². The summed E-state index contributed by atoms with van der Waals surface area (Å²) in [7, 11) is 1.31. The van der Waals surface area contributed by atoms with Crippen LogP contribution in [0.25, 0.3) is 0 Å². The maximum atomic E-state index is 11.3. The largest absolute Gasteiger partial charge is 0.477 e. The molecule has 2 aliphatic rings. The molecule has 0 aromatic rings. The van der Waals surface area contributed by atoms with Gasteiger partial charge in [-0.3, -0.25) is 9.59 Å². The van der Waals surface area contributed by atoms with Crippen molar-refractivity contribution in [2.45, 2.75) is 39.5 Å². The van der Waals surface area contributed by atoms with Gasteiger partial charge in [0.15, 0.2) is 0 Å². The normalized spacial score (nSPS) is 18.2. The number of carbonyl (C=O) groups excluding carboxylic acids is 3. The molecule has 0 aromatic heterocycles. The molecule has 2 aliphatic heterocycles.